The molecule has 4 nitrogen and oxygen atoms in total. The van der Waals surface area contributed by atoms with E-state index in [1.54, 1.807) is 7.05 Å². The normalized spacial score (nSPS) is 15.4. The molecule has 116 valence electrons. The lowest BCUT2D eigenvalue weighted by Gasteiger charge is -2.14. The molecular formula is C16H25FN4. The average Bonchev–Trinajstić information content (AvgIpc) is 3.26. The molecule has 0 atom stereocenters. The Morgan fingerprint density at radius 3 is 2.71 bits per heavy atom. The molecule has 0 bridgehead atoms. The van der Waals surface area contributed by atoms with Crippen molar-refractivity contribution in [3.63, 3.8) is 0 Å². The molecule has 1 aliphatic rings. The Morgan fingerprint density at radius 2 is 2.10 bits per heavy atom. The second kappa shape index (κ2) is 7.41. The zero-order valence-electron chi connectivity index (χ0n) is 13.1. The fourth-order valence-corrected chi connectivity index (χ4v) is 2.17. The van der Waals surface area contributed by atoms with Crippen molar-refractivity contribution in [2.75, 3.05) is 27.7 Å². The van der Waals surface area contributed by atoms with Crippen LogP contribution in [0.1, 0.15) is 24.0 Å². The lowest BCUT2D eigenvalue weighted by Crippen LogP contribution is -2.37. The van der Waals surface area contributed by atoms with Crippen molar-refractivity contribution in [3.05, 3.63) is 35.1 Å². The highest BCUT2D eigenvalue weighted by molar-refractivity contribution is 5.79. The van der Waals surface area contributed by atoms with Gasteiger partial charge in [0, 0.05) is 32.2 Å². The van der Waals surface area contributed by atoms with E-state index in [-0.39, 0.29) is 5.82 Å². The van der Waals surface area contributed by atoms with E-state index >= 15 is 0 Å². The van der Waals surface area contributed by atoms with Crippen LogP contribution >= 0.6 is 0 Å². The summed E-state index contributed by atoms with van der Waals surface area (Å²) in [7, 11) is 5.65. The van der Waals surface area contributed by atoms with Gasteiger partial charge in [-0.05, 0) is 50.6 Å². The topological polar surface area (TPSA) is 39.7 Å². The molecule has 0 saturated heterocycles. The van der Waals surface area contributed by atoms with E-state index in [0.717, 1.165) is 29.5 Å². The van der Waals surface area contributed by atoms with Gasteiger partial charge in [0.05, 0.1) is 0 Å². The van der Waals surface area contributed by atoms with Crippen molar-refractivity contribution < 1.29 is 4.39 Å². The number of benzene rings is 1. The van der Waals surface area contributed by atoms with E-state index in [1.165, 1.54) is 18.9 Å². The van der Waals surface area contributed by atoms with Crippen LogP contribution in [0.2, 0.25) is 0 Å². The molecular weight excluding hydrogens is 267 g/mol. The van der Waals surface area contributed by atoms with Crippen LogP contribution in [0.4, 0.5) is 4.39 Å². The minimum absolute atomic E-state index is 0.149. The van der Waals surface area contributed by atoms with Crippen LogP contribution in [0.15, 0.2) is 23.2 Å². The molecule has 0 spiro atoms. The number of hydrogen-bond acceptors (Lipinski definition) is 2. The van der Waals surface area contributed by atoms with Crippen LogP contribution in [0, 0.1) is 11.7 Å². The Labute approximate surface area is 126 Å². The number of aliphatic imine (C=N–C) groups is 1. The molecule has 0 radical (unpaired) electrons. The van der Waals surface area contributed by atoms with Crippen LogP contribution in [0.3, 0.4) is 0 Å². The van der Waals surface area contributed by atoms with Crippen molar-refractivity contribution >= 4 is 5.96 Å². The molecule has 2 rings (SSSR count). The smallest absolute Gasteiger partial charge is 0.191 e. The molecule has 1 fully saturated rings. The Bertz CT molecular complexity index is 495. The van der Waals surface area contributed by atoms with Crippen LogP contribution in [-0.2, 0) is 13.1 Å². The molecule has 5 heteroatoms. The van der Waals surface area contributed by atoms with Crippen LogP contribution in [0.25, 0.3) is 0 Å². The van der Waals surface area contributed by atoms with E-state index in [4.69, 9.17) is 0 Å². The largest absolute Gasteiger partial charge is 0.356 e. The first-order valence-corrected chi connectivity index (χ1v) is 7.45. The third kappa shape index (κ3) is 5.34. The molecule has 0 unspecified atom stereocenters. The number of nitrogens with zero attached hydrogens (tertiary/aromatic N) is 2. The van der Waals surface area contributed by atoms with E-state index < -0.39 is 0 Å². The Morgan fingerprint density at radius 1 is 1.33 bits per heavy atom. The second-order valence-corrected chi connectivity index (χ2v) is 5.91. The Hall–Kier alpha value is -1.62. The van der Waals surface area contributed by atoms with Gasteiger partial charge < -0.3 is 15.5 Å². The van der Waals surface area contributed by atoms with Gasteiger partial charge >= 0.3 is 0 Å². The first-order valence-electron chi connectivity index (χ1n) is 7.45. The first kappa shape index (κ1) is 15.8. The predicted molar refractivity (Wildman–Crippen MR) is 84.7 cm³/mol. The summed E-state index contributed by atoms with van der Waals surface area (Å²) in [5.74, 6) is 1.46. The minimum atomic E-state index is -0.149. The predicted octanol–water partition coefficient (Wildman–Crippen LogP) is 1.96. The summed E-state index contributed by atoms with van der Waals surface area (Å²) in [5, 5.41) is 6.59. The fraction of sp³-hybridized carbons (Fsp3) is 0.562. The van der Waals surface area contributed by atoms with Gasteiger partial charge in [-0.15, -0.1) is 0 Å². The highest BCUT2D eigenvalue weighted by Crippen LogP contribution is 2.27. The summed E-state index contributed by atoms with van der Waals surface area (Å²) in [6.07, 6.45) is 2.63. The fourth-order valence-electron chi connectivity index (χ4n) is 2.17. The number of nitrogens with one attached hydrogen (secondary N) is 2. The second-order valence-electron chi connectivity index (χ2n) is 5.91. The summed E-state index contributed by atoms with van der Waals surface area (Å²) in [6, 6.07) is 5.27. The van der Waals surface area contributed by atoms with Gasteiger partial charge in [-0.2, -0.15) is 0 Å². The number of rotatable bonds is 6. The molecule has 0 aliphatic heterocycles. The zero-order chi connectivity index (χ0) is 15.2. The standard InChI is InChI=1S/C16H25FN4/c1-18-16(19-9-12-4-5-12)20-10-13-6-7-15(17)14(8-13)11-21(2)3/h6-8,12H,4-5,9-11H2,1-3H3,(H2,18,19,20). The van der Waals surface area contributed by atoms with Gasteiger partial charge in [0.2, 0.25) is 0 Å². The molecule has 0 aromatic heterocycles. The van der Waals surface area contributed by atoms with Gasteiger partial charge in [0.1, 0.15) is 5.82 Å². The van der Waals surface area contributed by atoms with Crippen LogP contribution in [-0.4, -0.2) is 38.5 Å². The van der Waals surface area contributed by atoms with Crippen LogP contribution < -0.4 is 10.6 Å². The van der Waals surface area contributed by atoms with E-state index in [2.05, 4.69) is 15.6 Å². The summed E-state index contributed by atoms with van der Waals surface area (Å²) < 4.78 is 13.7. The van der Waals surface area contributed by atoms with Gasteiger partial charge in [0.25, 0.3) is 0 Å². The average molecular weight is 292 g/mol. The minimum Gasteiger partial charge on any atom is -0.356 e. The maximum Gasteiger partial charge on any atom is 0.191 e. The molecule has 1 aromatic carbocycles. The van der Waals surface area contributed by atoms with E-state index in [1.807, 2.05) is 31.1 Å². The van der Waals surface area contributed by atoms with Crippen molar-refractivity contribution in [1.29, 1.82) is 0 Å². The SMILES string of the molecule is CN=C(NCc1ccc(F)c(CN(C)C)c1)NCC1CC1. The van der Waals surface area contributed by atoms with Gasteiger partial charge in [0.15, 0.2) is 5.96 Å². The molecule has 2 N–H and O–H groups in total. The molecule has 1 aromatic rings. The summed E-state index contributed by atoms with van der Waals surface area (Å²) in [4.78, 5) is 6.17. The molecule has 21 heavy (non-hydrogen) atoms. The molecule has 1 aliphatic carbocycles. The van der Waals surface area contributed by atoms with Crippen molar-refractivity contribution in [1.82, 2.24) is 15.5 Å². The van der Waals surface area contributed by atoms with Crippen molar-refractivity contribution in [2.45, 2.75) is 25.9 Å². The quantitative estimate of drug-likeness (QED) is 0.622. The van der Waals surface area contributed by atoms with Crippen LogP contribution in [0.5, 0.6) is 0 Å². The number of hydrogen-bond donors (Lipinski definition) is 2. The highest BCUT2D eigenvalue weighted by atomic mass is 19.1. The summed E-state index contributed by atoms with van der Waals surface area (Å²) >= 11 is 0. The maximum absolute atomic E-state index is 13.7. The van der Waals surface area contributed by atoms with Gasteiger partial charge in [-0.1, -0.05) is 6.07 Å². The Kier molecular flexibility index (Phi) is 5.56. The molecule has 0 amide bonds. The lowest BCUT2D eigenvalue weighted by molar-refractivity contribution is 0.392. The maximum atomic E-state index is 13.7. The van der Waals surface area contributed by atoms with Gasteiger partial charge in [-0.25, -0.2) is 4.39 Å². The lowest BCUT2D eigenvalue weighted by atomic mass is 10.1. The molecule has 0 heterocycles. The summed E-state index contributed by atoms with van der Waals surface area (Å²) in [6.45, 7) is 2.23. The monoisotopic (exact) mass is 292 g/mol. The third-order valence-electron chi connectivity index (χ3n) is 3.54. The Balaban J connectivity index is 1.88. The number of halogens is 1. The third-order valence-corrected chi connectivity index (χ3v) is 3.54. The van der Waals surface area contributed by atoms with Crippen molar-refractivity contribution in [3.8, 4) is 0 Å². The van der Waals surface area contributed by atoms with Gasteiger partial charge in [-0.3, -0.25) is 4.99 Å². The first-order chi connectivity index (χ1) is 10.1. The molecule has 1 saturated carbocycles. The number of guanidine groups is 1. The van der Waals surface area contributed by atoms with Crippen molar-refractivity contribution in [2.24, 2.45) is 10.9 Å². The van der Waals surface area contributed by atoms with E-state index in [0.29, 0.717) is 13.1 Å². The highest BCUT2D eigenvalue weighted by Gasteiger charge is 2.21. The van der Waals surface area contributed by atoms with E-state index in [9.17, 15) is 4.39 Å². The summed E-state index contributed by atoms with van der Waals surface area (Å²) in [5.41, 5.74) is 1.78. The zero-order valence-corrected chi connectivity index (χ0v) is 13.1.